The predicted molar refractivity (Wildman–Crippen MR) is 83.9 cm³/mol. The predicted octanol–water partition coefficient (Wildman–Crippen LogP) is 2.68. The Balaban J connectivity index is 0.00000132. The molecular formula is C16H19ClN2O2. The first-order chi connectivity index (χ1) is 9.79. The summed E-state index contributed by atoms with van der Waals surface area (Å²) in [5.41, 5.74) is 1.45. The molecule has 0 saturated carbocycles. The van der Waals surface area contributed by atoms with E-state index in [-0.39, 0.29) is 18.3 Å². The number of halogens is 1. The number of furan rings is 1. The molecule has 112 valence electrons. The lowest BCUT2D eigenvalue weighted by Crippen LogP contribution is -2.57. The average Bonchev–Trinajstić information content (AvgIpc) is 2.96. The number of benzene rings is 1. The van der Waals surface area contributed by atoms with Gasteiger partial charge in [-0.05, 0) is 50.0 Å². The van der Waals surface area contributed by atoms with Gasteiger partial charge in [0.15, 0.2) is 0 Å². The average molecular weight is 307 g/mol. The number of nitrogens with zero attached hydrogens (tertiary/aromatic N) is 1. The smallest absolute Gasteiger partial charge is 0.251 e. The SMILES string of the molecule is Cl.O=C(N[C@H]1CN2CCC1CC2)c1ccc2ccoc2c1. The van der Waals surface area contributed by atoms with Gasteiger partial charge in [0.2, 0.25) is 0 Å². The van der Waals surface area contributed by atoms with Crippen LogP contribution in [0.25, 0.3) is 11.0 Å². The van der Waals surface area contributed by atoms with E-state index >= 15 is 0 Å². The lowest BCUT2D eigenvalue weighted by molar-refractivity contribution is 0.0620. The molecule has 3 saturated heterocycles. The molecule has 1 atom stereocenters. The maximum atomic E-state index is 12.4. The van der Waals surface area contributed by atoms with Crippen LogP contribution in [0.3, 0.4) is 0 Å². The zero-order chi connectivity index (χ0) is 13.5. The number of piperidine rings is 3. The van der Waals surface area contributed by atoms with Crippen LogP contribution in [0.1, 0.15) is 23.2 Å². The molecule has 1 N–H and O–H groups in total. The molecule has 1 aromatic carbocycles. The first kappa shape index (κ1) is 14.4. The summed E-state index contributed by atoms with van der Waals surface area (Å²) in [6.45, 7) is 3.38. The van der Waals surface area contributed by atoms with Crippen molar-refractivity contribution in [3.05, 3.63) is 36.1 Å². The van der Waals surface area contributed by atoms with Crippen molar-refractivity contribution in [2.45, 2.75) is 18.9 Å². The molecule has 3 aliphatic rings. The Hall–Kier alpha value is -1.52. The highest BCUT2D eigenvalue weighted by molar-refractivity contribution is 5.97. The summed E-state index contributed by atoms with van der Waals surface area (Å²) in [6, 6.07) is 7.84. The van der Waals surface area contributed by atoms with Gasteiger partial charge in [-0.25, -0.2) is 0 Å². The number of hydrogen-bond acceptors (Lipinski definition) is 3. The van der Waals surface area contributed by atoms with Gasteiger partial charge in [-0.3, -0.25) is 4.79 Å². The Bertz CT molecular complexity index is 647. The lowest BCUT2D eigenvalue weighted by Gasteiger charge is -2.44. The van der Waals surface area contributed by atoms with E-state index in [2.05, 4.69) is 10.2 Å². The molecule has 0 aliphatic carbocycles. The fraction of sp³-hybridized carbons (Fsp3) is 0.438. The van der Waals surface area contributed by atoms with Gasteiger partial charge in [0.25, 0.3) is 5.91 Å². The number of carbonyl (C=O) groups excluding carboxylic acids is 1. The number of rotatable bonds is 2. The molecule has 0 radical (unpaired) electrons. The molecule has 3 fully saturated rings. The van der Waals surface area contributed by atoms with Gasteiger partial charge in [-0.1, -0.05) is 6.07 Å². The van der Waals surface area contributed by atoms with Gasteiger partial charge in [0, 0.05) is 23.5 Å². The Morgan fingerprint density at radius 1 is 1.24 bits per heavy atom. The van der Waals surface area contributed by atoms with Crippen molar-refractivity contribution in [2.75, 3.05) is 19.6 Å². The van der Waals surface area contributed by atoms with Gasteiger partial charge in [-0.2, -0.15) is 0 Å². The maximum absolute atomic E-state index is 12.4. The molecule has 1 amide bonds. The Morgan fingerprint density at radius 2 is 2.05 bits per heavy atom. The number of nitrogens with one attached hydrogen (secondary N) is 1. The van der Waals surface area contributed by atoms with Gasteiger partial charge >= 0.3 is 0 Å². The van der Waals surface area contributed by atoms with Crippen LogP contribution < -0.4 is 5.32 Å². The van der Waals surface area contributed by atoms with Crippen molar-refractivity contribution >= 4 is 29.3 Å². The number of carbonyl (C=O) groups is 1. The largest absolute Gasteiger partial charge is 0.464 e. The van der Waals surface area contributed by atoms with E-state index in [0.717, 1.165) is 17.5 Å². The van der Waals surface area contributed by atoms with E-state index in [9.17, 15) is 4.79 Å². The molecule has 4 nitrogen and oxygen atoms in total. The fourth-order valence-electron chi connectivity index (χ4n) is 3.48. The molecule has 0 unspecified atom stereocenters. The molecule has 21 heavy (non-hydrogen) atoms. The van der Waals surface area contributed by atoms with E-state index in [1.54, 1.807) is 6.26 Å². The van der Waals surface area contributed by atoms with Crippen molar-refractivity contribution in [1.82, 2.24) is 10.2 Å². The third-order valence-corrected chi connectivity index (χ3v) is 4.69. The minimum absolute atomic E-state index is 0. The van der Waals surface area contributed by atoms with Crippen LogP contribution in [0.15, 0.2) is 34.9 Å². The standard InChI is InChI=1S/C16H18N2O2.ClH/c19-16(13-2-1-12-5-8-20-15(12)9-13)17-14-10-18-6-3-11(14)4-7-18;/h1-2,5,8-9,11,14H,3-4,6-7,10H2,(H,17,19);1H/t14-;/m0./s1. The Labute approximate surface area is 129 Å². The summed E-state index contributed by atoms with van der Waals surface area (Å²) < 4.78 is 5.36. The highest BCUT2D eigenvalue weighted by atomic mass is 35.5. The summed E-state index contributed by atoms with van der Waals surface area (Å²) in [5.74, 6) is 0.665. The first-order valence-corrected chi connectivity index (χ1v) is 7.30. The van der Waals surface area contributed by atoms with Crippen LogP contribution >= 0.6 is 12.4 Å². The van der Waals surface area contributed by atoms with Crippen molar-refractivity contribution in [3.8, 4) is 0 Å². The van der Waals surface area contributed by atoms with Gasteiger partial charge in [0.1, 0.15) is 5.58 Å². The monoisotopic (exact) mass is 306 g/mol. The van der Waals surface area contributed by atoms with Gasteiger partial charge in [0.05, 0.1) is 6.26 Å². The topological polar surface area (TPSA) is 45.5 Å². The van der Waals surface area contributed by atoms with Crippen LogP contribution in [-0.4, -0.2) is 36.5 Å². The summed E-state index contributed by atoms with van der Waals surface area (Å²) >= 11 is 0. The molecule has 5 heteroatoms. The van der Waals surface area contributed by atoms with Crippen molar-refractivity contribution in [2.24, 2.45) is 5.92 Å². The summed E-state index contributed by atoms with van der Waals surface area (Å²) in [6.07, 6.45) is 4.07. The number of fused-ring (bicyclic) bond motifs is 4. The third kappa shape index (κ3) is 2.65. The van der Waals surface area contributed by atoms with Crippen LogP contribution in [0, 0.1) is 5.92 Å². The van der Waals surface area contributed by atoms with Gasteiger partial charge < -0.3 is 14.6 Å². The minimum atomic E-state index is 0. The van der Waals surface area contributed by atoms with Crippen LogP contribution in [0.5, 0.6) is 0 Å². The van der Waals surface area contributed by atoms with Crippen molar-refractivity contribution < 1.29 is 9.21 Å². The normalized spacial score (nSPS) is 27.3. The molecule has 2 bridgehead atoms. The molecule has 3 aliphatic heterocycles. The molecule has 0 spiro atoms. The van der Waals surface area contributed by atoms with Crippen molar-refractivity contribution in [3.63, 3.8) is 0 Å². The number of hydrogen-bond donors (Lipinski definition) is 1. The molecular weight excluding hydrogens is 288 g/mol. The molecule has 1 aromatic heterocycles. The first-order valence-electron chi connectivity index (χ1n) is 7.30. The van der Waals surface area contributed by atoms with Crippen LogP contribution in [0.4, 0.5) is 0 Å². The van der Waals surface area contributed by atoms with E-state index < -0.39 is 0 Å². The minimum Gasteiger partial charge on any atom is -0.464 e. The zero-order valence-corrected chi connectivity index (χ0v) is 12.6. The highest BCUT2D eigenvalue weighted by Crippen LogP contribution is 2.27. The highest BCUT2D eigenvalue weighted by Gasteiger charge is 2.34. The summed E-state index contributed by atoms with van der Waals surface area (Å²) in [5, 5.41) is 4.23. The summed E-state index contributed by atoms with van der Waals surface area (Å²) in [7, 11) is 0. The van der Waals surface area contributed by atoms with E-state index in [0.29, 0.717) is 17.5 Å². The second-order valence-corrected chi connectivity index (χ2v) is 5.89. The second-order valence-electron chi connectivity index (χ2n) is 5.89. The molecule has 5 rings (SSSR count). The fourth-order valence-corrected chi connectivity index (χ4v) is 3.48. The zero-order valence-electron chi connectivity index (χ0n) is 11.7. The molecule has 2 aromatic rings. The Morgan fingerprint density at radius 3 is 2.76 bits per heavy atom. The van der Waals surface area contributed by atoms with Crippen molar-refractivity contribution in [1.29, 1.82) is 0 Å². The van der Waals surface area contributed by atoms with Crippen LogP contribution in [0.2, 0.25) is 0 Å². The van der Waals surface area contributed by atoms with Gasteiger partial charge in [-0.15, -0.1) is 12.4 Å². The van der Waals surface area contributed by atoms with Crippen LogP contribution in [-0.2, 0) is 0 Å². The maximum Gasteiger partial charge on any atom is 0.251 e. The Kier molecular flexibility index (Phi) is 3.91. The quantitative estimate of drug-likeness (QED) is 0.928. The third-order valence-electron chi connectivity index (χ3n) is 4.69. The van der Waals surface area contributed by atoms with E-state index in [4.69, 9.17) is 4.42 Å². The summed E-state index contributed by atoms with van der Waals surface area (Å²) in [4.78, 5) is 14.8. The number of amides is 1. The van der Waals surface area contributed by atoms with E-state index in [1.807, 2.05) is 24.3 Å². The molecule has 4 heterocycles. The lowest BCUT2D eigenvalue weighted by atomic mass is 9.84. The second kappa shape index (κ2) is 5.70. The van der Waals surface area contributed by atoms with E-state index in [1.165, 1.54) is 25.9 Å².